The van der Waals surface area contributed by atoms with Gasteiger partial charge in [0, 0.05) is 57.9 Å². The average Bonchev–Trinajstić information content (AvgIpc) is 3.42. The predicted molar refractivity (Wildman–Crippen MR) is 151 cm³/mol. The molecule has 5 rings (SSSR count). The second kappa shape index (κ2) is 11.3. The summed E-state index contributed by atoms with van der Waals surface area (Å²) in [5.74, 6) is -0.134. The van der Waals surface area contributed by atoms with Crippen molar-refractivity contribution in [2.24, 2.45) is 0 Å². The van der Waals surface area contributed by atoms with Crippen LogP contribution in [0.2, 0.25) is 5.02 Å². The Morgan fingerprint density at radius 1 is 0.949 bits per heavy atom. The van der Waals surface area contributed by atoms with Crippen LogP contribution < -0.4 is 4.90 Å². The predicted octanol–water partition coefficient (Wildman–Crippen LogP) is 3.68. The third-order valence-electron chi connectivity index (χ3n) is 7.03. The number of hydrogen-bond donors (Lipinski definition) is 0. The van der Waals surface area contributed by atoms with Crippen molar-refractivity contribution in [1.29, 1.82) is 0 Å². The number of piperazine rings is 2. The summed E-state index contributed by atoms with van der Waals surface area (Å²) < 4.78 is 33.6. The van der Waals surface area contributed by atoms with E-state index < -0.39 is 16.1 Å². The molecule has 0 saturated carbocycles. The first-order valence-electron chi connectivity index (χ1n) is 12.8. The first-order chi connectivity index (χ1) is 18.7. The third kappa shape index (κ3) is 5.56. The maximum Gasteiger partial charge on any atom is 0.409 e. The second-order valence-electron chi connectivity index (χ2n) is 9.43. The van der Waals surface area contributed by atoms with E-state index in [9.17, 15) is 18.0 Å². The highest BCUT2D eigenvalue weighted by atomic mass is 35.5. The van der Waals surface area contributed by atoms with Crippen LogP contribution in [-0.2, 0) is 14.8 Å². The third-order valence-corrected chi connectivity index (χ3v) is 10.5. The van der Waals surface area contributed by atoms with E-state index in [4.69, 9.17) is 21.3 Å². The van der Waals surface area contributed by atoms with Crippen molar-refractivity contribution in [2.45, 2.75) is 18.7 Å². The fourth-order valence-electron chi connectivity index (χ4n) is 4.75. The minimum Gasteiger partial charge on any atom is -0.450 e. The SMILES string of the molecule is CCOC(=O)N1CCN(S(=O)(=O)c2ccc(C(=O)N3CCN(c4nc5c(C)ccc(Cl)c5s4)CC3)cc2)CC1. The first-order valence-corrected chi connectivity index (χ1v) is 15.4. The number of hydrogen-bond acceptors (Lipinski definition) is 8. The van der Waals surface area contributed by atoms with Gasteiger partial charge < -0.3 is 19.4 Å². The van der Waals surface area contributed by atoms with Gasteiger partial charge in [-0.25, -0.2) is 18.2 Å². The Kier molecular flexibility index (Phi) is 7.99. The Morgan fingerprint density at radius 3 is 2.21 bits per heavy atom. The van der Waals surface area contributed by atoms with Crippen LogP contribution in [0, 0.1) is 6.92 Å². The van der Waals surface area contributed by atoms with Gasteiger partial charge in [0.15, 0.2) is 5.13 Å². The maximum atomic E-state index is 13.2. The monoisotopic (exact) mass is 591 g/mol. The number of rotatable bonds is 5. The van der Waals surface area contributed by atoms with Crippen molar-refractivity contribution in [1.82, 2.24) is 19.1 Å². The molecule has 0 aliphatic carbocycles. The zero-order chi connectivity index (χ0) is 27.7. The molecule has 2 amide bonds. The van der Waals surface area contributed by atoms with Crippen molar-refractivity contribution >= 4 is 60.3 Å². The van der Waals surface area contributed by atoms with Crippen molar-refractivity contribution in [3.63, 3.8) is 0 Å². The zero-order valence-corrected chi connectivity index (χ0v) is 24.2. The van der Waals surface area contributed by atoms with Gasteiger partial charge in [0.25, 0.3) is 5.91 Å². The summed E-state index contributed by atoms with van der Waals surface area (Å²) in [7, 11) is -3.74. The van der Waals surface area contributed by atoms with Crippen LogP contribution in [0.3, 0.4) is 0 Å². The number of halogens is 1. The summed E-state index contributed by atoms with van der Waals surface area (Å²) in [5, 5.41) is 1.59. The topological polar surface area (TPSA) is 103 Å². The molecule has 2 fully saturated rings. The van der Waals surface area contributed by atoms with Crippen LogP contribution in [0.4, 0.5) is 9.93 Å². The summed E-state index contributed by atoms with van der Waals surface area (Å²) in [6.45, 7) is 7.29. The Hall–Kier alpha value is -2.93. The number of carbonyl (C=O) groups is 2. The number of aryl methyl sites for hydroxylation is 1. The van der Waals surface area contributed by atoms with Gasteiger partial charge in [-0.15, -0.1) is 0 Å². The minimum atomic E-state index is -3.74. The fraction of sp³-hybridized carbons (Fsp3) is 0.423. The highest BCUT2D eigenvalue weighted by Crippen LogP contribution is 2.36. The lowest BCUT2D eigenvalue weighted by Crippen LogP contribution is -2.50. The van der Waals surface area contributed by atoms with E-state index in [2.05, 4.69) is 4.90 Å². The summed E-state index contributed by atoms with van der Waals surface area (Å²) in [6.07, 6.45) is -0.433. The van der Waals surface area contributed by atoms with E-state index in [0.717, 1.165) is 20.9 Å². The number of ether oxygens (including phenoxy) is 1. The average molecular weight is 592 g/mol. The second-order valence-corrected chi connectivity index (χ2v) is 12.8. The highest BCUT2D eigenvalue weighted by molar-refractivity contribution is 7.89. The normalized spacial score (nSPS) is 17.1. The van der Waals surface area contributed by atoms with Crippen LogP contribution in [0.1, 0.15) is 22.8 Å². The Morgan fingerprint density at radius 2 is 1.59 bits per heavy atom. The van der Waals surface area contributed by atoms with E-state index in [1.165, 1.54) is 21.3 Å². The molecule has 2 aromatic carbocycles. The minimum absolute atomic E-state index is 0.123. The number of fused-ring (bicyclic) bond motifs is 1. The van der Waals surface area contributed by atoms with E-state index in [0.29, 0.717) is 36.8 Å². The molecule has 0 unspecified atom stereocenters. The Labute approximate surface area is 236 Å². The maximum absolute atomic E-state index is 13.2. The lowest BCUT2D eigenvalue weighted by Gasteiger charge is -2.34. The van der Waals surface area contributed by atoms with Crippen molar-refractivity contribution in [3.8, 4) is 0 Å². The molecule has 3 aromatic rings. The molecule has 0 bridgehead atoms. The van der Waals surface area contributed by atoms with Gasteiger partial charge in [-0.05, 0) is 49.7 Å². The quantitative estimate of drug-likeness (QED) is 0.446. The molecule has 2 aliphatic rings. The number of anilines is 1. The molecule has 1 aromatic heterocycles. The van der Waals surface area contributed by atoms with Crippen molar-refractivity contribution < 1.29 is 22.7 Å². The summed E-state index contributed by atoms with van der Waals surface area (Å²) >= 11 is 7.93. The zero-order valence-electron chi connectivity index (χ0n) is 21.8. The van der Waals surface area contributed by atoms with Gasteiger partial charge in [0.05, 0.1) is 26.7 Å². The molecule has 2 saturated heterocycles. The van der Waals surface area contributed by atoms with Gasteiger partial charge in [0.2, 0.25) is 10.0 Å². The molecule has 0 atom stereocenters. The fourth-order valence-corrected chi connectivity index (χ4v) is 7.54. The molecule has 39 heavy (non-hydrogen) atoms. The molecule has 0 radical (unpaired) electrons. The number of sulfonamides is 1. The van der Waals surface area contributed by atoms with Gasteiger partial charge in [-0.2, -0.15) is 4.31 Å². The van der Waals surface area contributed by atoms with Crippen LogP contribution in [0.5, 0.6) is 0 Å². The van der Waals surface area contributed by atoms with Gasteiger partial charge in [0.1, 0.15) is 0 Å². The number of amides is 2. The van der Waals surface area contributed by atoms with Gasteiger partial charge >= 0.3 is 6.09 Å². The number of nitrogens with zero attached hydrogens (tertiary/aromatic N) is 5. The lowest BCUT2D eigenvalue weighted by atomic mass is 10.2. The van der Waals surface area contributed by atoms with E-state index in [1.54, 1.807) is 35.3 Å². The standard InChI is InChI=1S/C26H30ClN5O5S2/c1-3-37-26(34)31-14-16-32(17-15-31)39(35,36)20-7-5-19(6-8-20)24(33)29-10-12-30(13-11-29)25-28-22-18(2)4-9-21(27)23(22)38-25/h4-9H,3,10-17H2,1-2H3. The van der Waals surface area contributed by atoms with Crippen LogP contribution in [-0.4, -0.2) is 98.5 Å². The Balaban J connectivity index is 1.19. The molecular weight excluding hydrogens is 562 g/mol. The van der Waals surface area contributed by atoms with Gasteiger partial charge in [-0.1, -0.05) is 29.0 Å². The van der Waals surface area contributed by atoms with E-state index in [-0.39, 0.29) is 43.6 Å². The van der Waals surface area contributed by atoms with Crippen molar-refractivity contribution in [2.75, 3.05) is 63.9 Å². The molecule has 0 spiro atoms. The van der Waals surface area contributed by atoms with Crippen LogP contribution in [0.15, 0.2) is 41.3 Å². The number of benzene rings is 2. The summed E-state index contributed by atoms with van der Waals surface area (Å²) in [5.41, 5.74) is 2.43. The summed E-state index contributed by atoms with van der Waals surface area (Å²) in [4.78, 5) is 35.4. The first kappa shape index (κ1) is 27.6. The van der Waals surface area contributed by atoms with E-state index in [1.807, 2.05) is 19.1 Å². The lowest BCUT2D eigenvalue weighted by molar-refractivity contribution is 0.0746. The van der Waals surface area contributed by atoms with Crippen LogP contribution in [0.25, 0.3) is 10.2 Å². The number of carbonyl (C=O) groups excluding carboxylic acids is 2. The molecular formula is C26H30ClN5O5S2. The highest BCUT2D eigenvalue weighted by Gasteiger charge is 2.31. The molecule has 13 heteroatoms. The summed E-state index contributed by atoms with van der Waals surface area (Å²) in [6, 6.07) is 9.94. The Bertz CT molecular complexity index is 1440. The van der Waals surface area contributed by atoms with E-state index >= 15 is 0 Å². The van der Waals surface area contributed by atoms with Crippen LogP contribution >= 0.6 is 22.9 Å². The number of aromatic nitrogens is 1. The van der Waals surface area contributed by atoms with Crippen molar-refractivity contribution in [3.05, 3.63) is 52.5 Å². The number of thiazole rings is 1. The molecule has 10 nitrogen and oxygen atoms in total. The smallest absolute Gasteiger partial charge is 0.409 e. The molecule has 3 heterocycles. The molecule has 2 aliphatic heterocycles. The molecule has 0 N–H and O–H groups in total. The molecule has 208 valence electrons. The van der Waals surface area contributed by atoms with Gasteiger partial charge in [-0.3, -0.25) is 4.79 Å². The largest absolute Gasteiger partial charge is 0.450 e.